The number of fused-ring (bicyclic) bond motifs is 2. The van der Waals surface area contributed by atoms with Crippen molar-refractivity contribution in [1.29, 1.82) is 0 Å². The summed E-state index contributed by atoms with van der Waals surface area (Å²) >= 11 is 0. The zero-order valence-corrected chi connectivity index (χ0v) is 14.2. The summed E-state index contributed by atoms with van der Waals surface area (Å²) in [6.45, 7) is 2.13. The van der Waals surface area contributed by atoms with Gasteiger partial charge >= 0.3 is 0 Å². The number of nitrogens with zero attached hydrogens (tertiary/aromatic N) is 3. The molecule has 0 aliphatic heterocycles. The van der Waals surface area contributed by atoms with E-state index in [2.05, 4.69) is 27.6 Å². The summed E-state index contributed by atoms with van der Waals surface area (Å²) in [6, 6.07) is 16.1. The molecule has 1 heterocycles. The van der Waals surface area contributed by atoms with Crippen molar-refractivity contribution in [3.8, 4) is 0 Å². The molecule has 126 valence electrons. The zero-order chi connectivity index (χ0) is 17.2. The van der Waals surface area contributed by atoms with Crippen LogP contribution in [0.3, 0.4) is 0 Å². The van der Waals surface area contributed by atoms with E-state index in [1.165, 1.54) is 5.56 Å². The van der Waals surface area contributed by atoms with Crippen molar-refractivity contribution in [3.05, 3.63) is 65.5 Å². The van der Waals surface area contributed by atoms with Crippen molar-refractivity contribution in [2.45, 2.75) is 32.7 Å². The number of benzene rings is 2. The summed E-state index contributed by atoms with van der Waals surface area (Å²) in [5, 5.41) is 4.40. The number of amides is 1. The maximum absolute atomic E-state index is 12.4. The van der Waals surface area contributed by atoms with Crippen LogP contribution < -0.4 is 5.43 Å². The molecular weight excluding hydrogens is 312 g/mol. The Bertz CT molecular complexity index is 971. The molecule has 0 bridgehead atoms. The van der Waals surface area contributed by atoms with E-state index in [4.69, 9.17) is 0 Å². The minimum Gasteiger partial charge on any atom is -0.319 e. The number of nitrogens with one attached hydrogen (secondary N) is 1. The van der Waals surface area contributed by atoms with Crippen LogP contribution in [0.4, 0.5) is 0 Å². The van der Waals surface area contributed by atoms with Crippen molar-refractivity contribution in [2.75, 3.05) is 0 Å². The predicted molar refractivity (Wildman–Crippen MR) is 98.5 cm³/mol. The van der Waals surface area contributed by atoms with Gasteiger partial charge in [-0.3, -0.25) is 4.79 Å². The molecule has 1 amide bonds. The SMILES string of the molecule is Cc1nc2ccccc2n1CC(=O)N/N=C1/CCCc2ccccc21. The van der Waals surface area contributed by atoms with Gasteiger partial charge in [0, 0.05) is 5.56 Å². The maximum Gasteiger partial charge on any atom is 0.260 e. The molecule has 1 aromatic heterocycles. The standard InChI is InChI=1S/C20H20N4O/c1-14-21-18-10-4-5-12-19(18)24(14)13-20(25)23-22-17-11-6-8-15-7-2-3-9-16(15)17/h2-5,7,9-10,12H,6,8,11,13H2,1H3,(H,23,25)/b22-17-. The molecule has 0 unspecified atom stereocenters. The molecule has 5 heteroatoms. The maximum atomic E-state index is 12.4. The third kappa shape index (κ3) is 3.05. The third-order valence-electron chi connectivity index (χ3n) is 4.65. The van der Waals surface area contributed by atoms with E-state index in [0.717, 1.165) is 47.4 Å². The fourth-order valence-corrected chi connectivity index (χ4v) is 3.42. The van der Waals surface area contributed by atoms with Gasteiger partial charge in [-0.15, -0.1) is 0 Å². The molecule has 5 nitrogen and oxygen atoms in total. The van der Waals surface area contributed by atoms with Crippen molar-refractivity contribution < 1.29 is 4.79 Å². The minimum absolute atomic E-state index is 0.137. The van der Waals surface area contributed by atoms with Gasteiger partial charge in [0.1, 0.15) is 12.4 Å². The highest BCUT2D eigenvalue weighted by atomic mass is 16.2. The average molecular weight is 332 g/mol. The van der Waals surface area contributed by atoms with Crippen LogP contribution in [-0.4, -0.2) is 21.2 Å². The molecule has 0 atom stereocenters. The Morgan fingerprint density at radius 1 is 1.16 bits per heavy atom. The molecule has 4 rings (SSSR count). The van der Waals surface area contributed by atoms with Crippen LogP contribution in [0.1, 0.15) is 29.8 Å². The van der Waals surface area contributed by atoms with E-state index in [9.17, 15) is 4.79 Å². The Morgan fingerprint density at radius 3 is 2.88 bits per heavy atom. The summed E-state index contributed by atoms with van der Waals surface area (Å²) < 4.78 is 1.92. The van der Waals surface area contributed by atoms with Crippen molar-refractivity contribution >= 4 is 22.7 Å². The van der Waals surface area contributed by atoms with E-state index in [1.54, 1.807) is 0 Å². The van der Waals surface area contributed by atoms with Gasteiger partial charge in [-0.1, -0.05) is 36.4 Å². The van der Waals surface area contributed by atoms with Crippen LogP contribution >= 0.6 is 0 Å². The molecule has 0 saturated carbocycles. The molecule has 25 heavy (non-hydrogen) atoms. The van der Waals surface area contributed by atoms with E-state index >= 15 is 0 Å². The quantitative estimate of drug-likeness (QED) is 0.749. The van der Waals surface area contributed by atoms with Crippen molar-refractivity contribution in [2.24, 2.45) is 5.10 Å². The van der Waals surface area contributed by atoms with Crippen LogP contribution in [-0.2, 0) is 17.8 Å². The second kappa shape index (κ2) is 6.51. The monoisotopic (exact) mass is 332 g/mol. The average Bonchev–Trinajstić information content (AvgIpc) is 2.95. The summed E-state index contributed by atoms with van der Waals surface area (Å²) in [5.74, 6) is 0.689. The molecule has 0 saturated heterocycles. The van der Waals surface area contributed by atoms with E-state index in [-0.39, 0.29) is 12.5 Å². The topological polar surface area (TPSA) is 59.3 Å². The summed E-state index contributed by atoms with van der Waals surface area (Å²) in [7, 11) is 0. The highest BCUT2D eigenvalue weighted by Crippen LogP contribution is 2.21. The highest BCUT2D eigenvalue weighted by Gasteiger charge is 2.15. The number of hydrogen-bond donors (Lipinski definition) is 1. The number of aromatic nitrogens is 2. The van der Waals surface area contributed by atoms with Crippen LogP contribution in [0.5, 0.6) is 0 Å². The number of carbonyl (C=O) groups excluding carboxylic acids is 1. The Kier molecular flexibility index (Phi) is 4.06. The van der Waals surface area contributed by atoms with Crippen molar-refractivity contribution in [1.82, 2.24) is 15.0 Å². The summed E-state index contributed by atoms with van der Waals surface area (Å²) in [6.07, 6.45) is 3.03. The molecule has 2 aromatic carbocycles. The Hall–Kier alpha value is -2.95. The van der Waals surface area contributed by atoms with E-state index in [0.29, 0.717) is 0 Å². The molecule has 1 aliphatic rings. The fraction of sp³-hybridized carbons (Fsp3) is 0.250. The lowest BCUT2D eigenvalue weighted by molar-refractivity contribution is -0.121. The number of hydrogen-bond acceptors (Lipinski definition) is 3. The molecule has 0 radical (unpaired) electrons. The van der Waals surface area contributed by atoms with Crippen LogP contribution in [0.2, 0.25) is 0 Å². The Balaban J connectivity index is 1.52. The zero-order valence-electron chi connectivity index (χ0n) is 14.2. The Labute approximate surface area is 146 Å². The van der Waals surface area contributed by atoms with Gasteiger partial charge in [0.05, 0.1) is 16.7 Å². The molecule has 1 N–H and O–H groups in total. The number of rotatable bonds is 3. The van der Waals surface area contributed by atoms with Gasteiger partial charge in [-0.2, -0.15) is 5.10 Å². The second-order valence-electron chi connectivity index (χ2n) is 6.34. The van der Waals surface area contributed by atoms with Gasteiger partial charge < -0.3 is 4.57 Å². The van der Waals surface area contributed by atoms with Crippen LogP contribution in [0.25, 0.3) is 11.0 Å². The smallest absolute Gasteiger partial charge is 0.260 e. The Morgan fingerprint density at radius 2 is 1.96 bits per heavy atom. The van der Waals surface area contributed by atoms with Crippen LogP contribution in [0.15, 0.2) is 53.6 Å². The first-order valence-corrected chi connectivity index (χ1v) is 8.58. The molecule has 1 aliphatic carbocycles. The molecule has 3 aromatic rings. The van der Waals surface area contributed by atoms with E-state index in [1.807, 2.05) is 47.9 Å². The van der Waals surface area contributed by atoms with Crippen LogP contribution in [0, 0.1) is 6.92 Å². The minimum atomic E-state index is -0.137. The van der Waals surface area contributed by atoms with Gasteiger partial charge in [0.15, 0.2) is 0 Å². The lowest BCUT2D eigenvalue weighted by Crippen LogP contribution is -2.26. The molecular formula is C20H20N4O. The number of hydrazone groups is 1. The third-order valence-corrected chi connectivity index (χ3v) is 4.65. The lowest BCUT2D eigenvalue weighted by atomic mass is 9.90. The van der Waals surface area contributed by atoms with E-state index < -0.39 is 0 Å². The number of aryl methyl sites for hydroxylation is 2. The highest BCUT2D eigenvalue weighted by molar-refractivity contribution is 6.03. The predicted octanol–water partition coefficient (Wildman–Crippen LogP) is 3.20. The first-order chi connectivity index (χ1) is 12.2. The number of para-hydroxylation sites is 2. The lowest BCUT2D eigenvalue weighted by Gasteiger charge is -2.17. The first-order valence-electron chi connectivity index (χ1n) is 8.58. The molecule has 0 fully saturated rings. The second-order valence-corrected chi connectivity index (χ2v) is 6.34. The van der Waals surface area contributed by atoms with Gasteiger partial charge in [-0.05, 0) is 43.9 Å². The number of carbonyl (C=O) groups is 1. The van der Waals surface area contributed by atoms with Gasteiger partial charge in [0.25, 0.3) is 5.91 Å². The molecule has 0 spiro atoms. The largest absolute Gasteiger partial charge is 0.319 e. The van der Waals surface area contributed by atoms with Gasteiger partial charge in [0.2, 0.25) is 0 Å². The van der Waals surface area contributed by atoms with Gasteiger partial charge in [-0.25, -0.2) is 10.4 Å². The first kappa shape index (κ1) is 15.6. The normalized spacial score (nSPS) is 15.3. The number of imidazole rings is 1. The summed E-state index contributed by atoms with van der Waals surface area (Å²) in [5.41, 5.74) is 8.01. The van der Waals surface area contributed by atoms with Crippen molar-refractivity contribution in [3.63, 3.8) is 0 Å². The fourth-order valence-electron chi connectivity index (χ4n) is 3.42. The summed E-state index contributed by atoms with van der Waals surface area (Å²) in [4.78, 5) is 16.9.